The molecule has 26 heavy (non-hydrogen) atoms. The molecule has 2 aromatic rings. The fourth-order valence-electron chi connectivity index (χ4n) is 3.13. The predicted molar refractivity (Wildman–Crippen MR) is 107 cm³/mol. The van der Waals surface area contributed by atoms with Crippen molar-refractivity contribution in [1.29, 1.82) is 0 Å². The molecule has 138 valence electrons. The van der Waals surface area contributed by atoms with E-state index in [1.54, 1.807) is 11.3 Å². The average molecular weight is 371 g/mol. The number of amides is 2. The van der Waals surface area contributed by atoms with E-state index in [0.717, 1.165) is 30.6 Å². The summed E-state index contributed by atoms with van der Waals surface area (Å²) in [7, 11) is 0. The maximum absolute atomic E-state index is 12.9. The third-order valence-corrected chi connectivity index (χ3v) is 5.83. The monoisotopic (exact) mass is 370 g/mol. The van der Waals surface area contributed by atoms with Crippen LogP contribution in [0, 0.1) is 12.8 Å². The van der Waals surface area contributed by atoms with E-state index in [1.807, 2.05) is 30.0 Å². The molecule has 1 N–H and O–H groups in total. The van der Waals surface area contributed by atoms with E-state index in [4.69, 9.17) is 0 Å². The second kappa shape index (κ2) is 8.04. The fourth-order valence-corrected chi connectivity index (χ4v) is 4.02. The molecule has 0 fully saturated rings. The maximum Gasteiger partial charge on any atom is 0.254 e. The topological polar surface area (TPSA) is 49.4 Å². The normalized spacial score (nSPS) is 13.6. The molecule has 0 radical (unpaired) electrons. The van der Waals surface area contributed by atoms with Crippen LogP contribution in [0.4, 0.5) is 5.69 Å². The lowest BCUT2D eigenvalue weighted by molar-refractivity contribution is -0.116. The van der Waals surface area contributed by atoms with Crippen LogP contribution >= 0.6 is 11.3 Å². The molecule has 0 saturated carbocycles. The second-order valence-electron chi connectivity index (χ2n) is 7.36. The number of aryl methyl sites for hydroxylation is 1. The van der Waals surface area contributed by atoms with E-state index in [-0.39, 0.29) is 11.8 Å². The Morgan fingerprint density at radius 3 is 2.85 bits per heavy atom. The average Bonchev–Trinajstić information content (AvgIpc) is 3.09. The minimum Gasteiger partial charge on any atom is -0.334 e. The standard InChI is InChI=1S/C21H26N2O2S/c1-14(2)4-7-20(24)22-18-12-16(6-5-15(18)3)21(25)23-10-8-19-17(13-23)9-11-26-19/h5-6,9,11-12,14H,4,7-8,10,13H2,1-3H3,(H,22,24). The Hall–Kier alpha value is -2.14. The third-order valence-electron chi connectivity index (χ3n) is 4.80. The van der Waals surface area contributed by atoms with E-state index in [9.17, 15) is 9.59 Å². The number of thiophene rings is 1. The zero-order valence-electron chi connectivity index (χ0n) is 15.7. The van der Waals surface area contributed by atoms with Gasteiger partial charge in [0.05, 0.1) is 0 Å². The van der Waals surface area contributed by atoms with Gasteiger partial charge in [-0.25, -0.2) is 0 Å². The third kappa shape index (κ3) is 4.33. The van der Waals surface area contributed by atoms with Gasteiger partial charge in [0.2, 0.25) is 5.91 Å². The lowest BCUT2D eigenvalue weighted by Gasteiger charge is -2.27. The molecule has 1 aliphatic rings. The van der Waals surface area contributed by atoms with Gasteiger partial charge in [0, 0.05) is 35.6 Å². The first kappa shape index (κ1) is 18.6. The van der Waals surface area contributed by atoms with Crippen molar-refractivity contribution in [3.63, 3.8) is 0 Å². The number of anilines is 1. The Balaban J connectivity index is 1.70. The first-order valence-electron chi connectivity index (χ1n) is 9.19. The molecule has 5 heteroatoms. The number of fused-ring (bicyclic) bond motifs is 1. The van der Waals surface area contributed by atoms with Crippen molar-refractivity contribution in [3.05, 3.63) is 51.2 Å². The molecule has 0 spiro atoms. The highest BCUT2D eigenvalue weighted by Crippen LogP contribution is 2.26. The van der Waals surface area contributed by atoms with Gasteiger partial charge in [0.25, 0.3) is 5.91 Å². The molecular formula is C21H26N2O2S. The van der Waals surface area contributed by atoms with Crippen molar-refractivity contribution >= 4 is 28.8 Å². The maximum atomic E-state index is 12.9. The van der Waals surface area contributed by atoms with Crippen LogP contribution in [0.3, 0.4) is 0 Å². The molecule has 1 aromatic heterocycles. The summed E-state index contributed by atoms with van der Waals surface area (Å²) in [4.78, 5) is 28.3. The summed E-state index contributed by atoms with van der Waals surface area (Å²) in [6.45, 7) is 7.58. The number of hydrogen-bond acceptors (Lipinski definition) is 3. The minimum atomic E-state index is 0.00675. The molecule has 2 heterocycles. The number of carbonyl (C=O) groups excluding carboxylic acids is 2. The van der Waals surface area contributed by atoms with Crippen LogP contribution < -0.4 is 5.32 Å². The number of carbonyl (C=O) groups is 2. The highest BCUT2D eigenvalue weighted by Gasteiger charge is 2.23. The van der Waals surface area contributed by atoms with E-state index in [2.05, 4.69) is 30.6 Å². The van der Waals surface area contributed by atoms with Crippen LogP contribution in [-0.4, -0.2) is 23.3 Å². The van der Waals surface area contributed by atoms with Gasteiger partial charge >= 0.3 is 0 Å². The first-order chi connectivity index (χ1) is 12.4. The van der Waals surface area contributed by atoms with Gasteiger partial charge in [0.15, 0.2) is 0 Å². The number of nitrogens with zero attached hydrogens (tertiary/aromatic N) is 1. The number of benzene rings is 1. The van der Waals surface area contributed by atoms with Gasteiger partial charge in [-0.3, -0.25) is 9.59 Å². The molecule has 3 rings (SSSR count). The van der Waals surface area contributed by atoms with Crippen molar-refractivity contribution in [1.82, 2.24) is 4.90 Å². The smallest absolute Gasteiger partial charge is 0.254 e. The molecule has 1 aromatic carbocycles. The van der Waals surface area contributed by atoms with E-state index < -0.39 is 0 Å². The second-order valence-corrected chi connectivity index (χ2v) is 8.36. The largest absolute Gasteiger partial charge is 0.334 e. The van der Waals surface area contributed by atoms with Crippen molar-refractivity contribution in [2.24, 2.45) is 5.92 Å². The Morgan fingerprint density at radius 1 is 1.27 bits per heavy atom. The Labute approximate surface area is 159 Å². The molecule has 0 unspecified atom stereocenters. The van der Waals surface area contributed by atoms with Gasteiger partial charge in [-0.15, -0.1) is 11.3 Å². The molecule has 1 aliphatic heterocycles. The first-order valence-corrected chi connectivity index (χ1v) is 10.1. The van der Waals surface area contributed by atoms with Gasteiger partial charge < -0.3 is 10.2 Å². The highest BCUT2D eigenvalue weighted by atomic mass is 32.1. The molecule has 2 amide bonds. The van der Waals surface area contributed by atoms with E-state index in [0.29, 0.717) is 24.4 Å². The zero-order chi connectivity index (χ0) is 18.7. The van der Waals surface area contributed by atoms with Crippen molar-refractivity contribution in [2.75, 3.05) is 11.9 Å². The molecule has 0 saturated heterocycles. The summed E-state index contributed by atoms with van der Waals surface area (Å²) < 4.78 is 0. The number of hydrogen-bond donors (Lipinski definition) is 1. The van der Waals surface area contributed by atoms with Crippen molar-refractivity contribution in [3.8, 4) is 0 Å². The van der Waals surface area contributed by atoms with Crippen LogP contribution in [0.1, 0.15) is 53.1 Å². The van der Waals surface area contributed by atoms with Crippen LogP contribution in [0.15, 0.2) is 29.6 Å². The number of nitrogens with one attached hydrogen (secondary N) is 1. The van der Waals surface area contributed by atoms with Gasteiger partial charge in [0.1, 0.15) is 0 Å². The molecule has 0 aliphatic carbocycles. The van der Waals surface area contributed by atoms with Gasteiger partial charge in [-0.1, -0.05) is 19.9 Å². The Morgan fingerprint density at radius 2 is 2.08 bits per heavy atom. The quantitative estimate of drug-likeness (QED) is 0.834. The summed E-state index contributed by atoms with van der Waals surface area (Å²) in [6.07, 6.45) is 2.28. The summed E-state index contributed by atoms with van der Waals surface area (Å²) in [5.41, 5.74) is 3.59. The summed E-state index contributed by atoms with van der Waals surface area (Å²) in [5, 5.41) is 5.06. The molecule has 4 nitrogen and oxygen atoms in total. The van der Waals surface area contributed by atoms with Crippen LogP contribution in [0.2, 0.25) is 0 Å². The summed E-state index contributed by atoms with van der Waals surface area (Å²) in [6, 6.07) is 7.68. The molecule has 0 bridgehead atoms. The van der Waals surface area contributed by atoms with Crippen LogP contribution in [0.25, 0.3) is 0 Å². The van der Waals surface area contributed by atoms with Crippen molar-refractivity contribution in [2.45, 2.75) is 46.6 Å². The highest BCUT2D eigenvalue weighted by molar-refractivity contribution is 7.10. The lowest BCUT2D eigenvalue weighted by atomic mass is 10.1. The van der Waals surface area contributed by atoms with Crippen LogP contribution in [-0.2, 0) is 17.8 Å². The summed E-state index contributed by atoms with van der Waals surface area (Å²) in [5.74, 6) is 0.530. The van der Waals surface area contributed by atoms with E-state index >= 15 is 0 Å². The SMILES string of the molecule is Cc1ccc(C(=O)N2CCc3sccc3C2)cc1NC(=O)CCC(C)C. The van der Waals surface area contributed by atoms with Gasteiger partial charge in [-0.2, -0.15) is 0 Å². The Kier molecular flexibility index (Phi) is 5.77. The minimum absolute atomic E-state index is 0.00675. The van der Waals surface area contributed by atoms with Crippen LogP contribution in [0.5, 0.6) is 0 Å². The summed E-state index contributed by atoms with van der Waals surface area (Å²) >= 11 is 1.77. The lowest BCUT2D eigenvalue weighted by Crippen LogP contribution is -2.35. The zero-order valence-corrected chi connectivity index (χ0v) is 16.5. The fraction of sp³-hybridized carbons (Fsp3) is 0.429. The predicted octanol–water partition coefficient (Wildman–Crippen LogP) is 4.63. The Bertz CT molecular complexity index is 810. The van der Waals surface area contributed by atoms with Crippen molar-refractivity contribution < 1.29 is 9.59 Å². The number of rotatable bonds is 5. The molecule has 0 atom stereocenters. The molecular weight excluding hydrogens is 344 g/mol. The van der Waals surface area contributed by atoms with Gasteiger partial charge in [-0.05, 0) is 60.4 Å². The van der Waals surface area contributed by atoms with E-state index in [1.165, 1.54) is 10.4 Å².